The monoisotopic (exact) mass is 200 g/mol. The maximum atomic E-state index is 5.63. The zero-order chi connectivity index (χ0) is 11.4. The Morgan fingerprint density at radius 2 is 1.79 bits per heavy atom. The van der Waals surface area contributed by atoms with Crippen LogP contribution in [0, 0.1) is 5.41 Å². The fourth-order valence-electron chi connectivity index (χ4n) is 1.82. The van der Waals surface area contributed by atoms with E-state index in [0.29, 0.717) is 17.5 Å². The van der Waals surface area contributed by atoms with Gasteiger partial charge in [0.25, 0.3) is 0 Å². The third-order valence-electron chi connectivity index (χ3n) is 3.41. The van der Waals surface area contributed by atoms with Gasteiger partial charge >= 0.3 is 0 Å². The lowest BCUT2D eigenvalue weighted by atomic mass is 9.86. The normalized spacial score (nSPS) is 17.1. The van der Waals surface area contributed by atoms with Gasteiger partial charge in [-0.3, -0.25) is 0 Å². The zero-order valence-electron chi connectivity index (χ0n) is 10.8. The molecular weight excluding hydrogens is 172 g/mol. The average molecular weight is 200 g/mol. The van der Waals surface area contributed by atoms with Crippen LogP contribution < -0.4 is 5.73 Å². The first-order chi connectivity index (χ1) is 6.34. The molecule has 0 aliphatic rings. The van der Waals surface area contributed by atoms with Gasteiger partial charge in [-0.1, -0.05) is 27.7 Å². The van der Waals surface area contributed by atoms with Crippen molar-refractivity contribution in [3.8, 4) is 0 Å². The van der Waals surface area contributed by atoms with Gasteiger partial charge in [0.2, 0.25) is 0 Å². The Balaban J connectivity index is 4.33. The van der Waals surface area contributed by atoms with Crippen LogP contribution in [0.5, 0.6) is 0 Å². The molecule has 2 nitrogen and oxygen atoms in total. The largest absolute Gasteiger partial charge is 0.330 e. The molecule has 14 heavy (non-hydrogen) atoms. The van der Waals surface area contributed by atoms with Crippen molar-refractivity contribution >= 4 is 0 Å². The maximum Gasteiger partial charge on any atom is 0.0115 e. The molecule has 0 radical (unpaired) electrons. The minimum Gasteiger partial charge on any atom is -0.330 e. The third kappa shape index (κ3) is 3.97. The molecule has 2 heteroatoms. The fourth-order valence-corrected chi connectivity index (χ4v) is 1.82. The van der Waals surface area contributed by atoms with Crippen LogP contribution in [0.25, 0.3) is 0 Å². The van der Waals surface area contributed by atoms with E-state index in [9.17, 15) is 0 Å². The molecule has 0 fully saturated rings. The molecule has 0 saturated carbocycles. The van der Waals surface area contributed by atoms with E-state index in [1.165, 1.54) is 6.42 Å². The Kier molecular flexibility index (Phi) is 5.68. The van der Waals surface area contributed by atoms with Crippen LogP contribution in [0.15, 0.2) is 0 Å². The molecule has 0 aromatic carbocycles. The lowest BCUT2D eigenvalue weighted by Crippen LogP contribution is -2.45. The lowest BCUT2D eigenvalue weighted by Gasteiger charge is -2.40. The highest BCUT2D eigenvalue weighted by molar-refractivity contribution is 4.81. The summed E-state index contributed by atoms with van der Waals surface area (Å²) in [4.78, 5) is 2.48. The molecule has 2 unspecified atom stereocenters. The summed E-state index contributed by atoms with van der Waals surface area (Å²) in [7, 11) is 2.22. The molecule has 86 valence electrons. The third-order valence-corrected chi connectivity index (χ3v) is 3.41. The molecule has 0 aliphatic heterocycles. The molecule has 0 spiro atoms. The van der Waals surface area contributed by atoms with Crippen LogP contribution in [0.1, 0.15) is 47.5 Å². The number of hydrogen-bond donors (Lipinski definition) is 1. The van der Waals surface area contributed by atoms with Crippen LogP contribution in [-0.2, 0) is 0 Å². The number of hydrogen-bond acceptors (Lipinski definition) is 2. The second kappa shape index (κ2) is 5.72. The van der Waals surface area contributed by atoms with Crippen LogP contribution >= 0.6 is 0 Å². The van der Waals surface area contributed by atoms with E-state index in [4.69, 9.17) is 5.73 Å². The summed E-state index contributed by atoms with van der Waals surface area (Å²) in [6.45, 7) is 12.2. The molecule has 0 aromatic heterocycles. The summed E-state index contributed by atoms with van der Waals surface area (Å²) in [5, 5.41) is 0. The van der Waals surface area contributed by atoms with E-state index in [0.717, 1.165) is 13.0 Å². The van der Waals surface area contributed by atoms with Crippen molar-refractivity contribution in [2.24, 2.45) is 11.1 Å². The second-order valence-corrected chi connectivity index (χ2v) is 5.35. The van der Waals surface area contributed by atoms with Crippen molar-refractivity contribution in [1.29, 1.82) is 0 Å². The standard InChI is InChI=1S/C12H28N2/c1-7-11(8-9-13)14(6)10(2)12(3,4)5/h10-11H,7-9,13H2,1-6H3. The number of nitrogens with two attached hydrogens (primary N) is 1. The van der Waals surface area contributed by atoms with Crippen molar-refractivity contribution < 1.29 is 0 Å². The molecule has 0 heterocycles. The Hall–Kier alpha value is -0.0800. The van der Waals surface area contributed by atoms with Gasteiger partial charge in [-0.15, -0.1) is 0 Å². The molecule has 0 bridgehead atoms. The topological polar surface area (TPSA) is 29.3 Å². The Bertz CT molecular complexity index is 149. The second-order valence-electron chi connectivity index (χ2n) is 5.35. The average Bonchev–Trinajstić information content (AvgIpc) is 2.10. The van der Waals surface area contributed by atoms with Gasteiger partial charge < -0.3 is 10.6 Å². The molecule has 0 aromatic rings. The number of rotatable bonds is 5. The van der Waals surface area contributed by atoms with Crippen molar-refractivity contribution in [1.82, 2.24) is 4.90 Å². The van der Waals surface area contributed by atoms with E-state index in [1.54, 1.807) is 0 Å². The van der Waals surface area contributed by atoms with Crippen LogP contribution in [-0.4, -0.2) is 30.6 Å². The first-order valence-electron chi connectivity index (χ1n) is 5.76. The molecule has 0 aliphatic carbocycles. The highest BCUT2D eigenvalue weighted by Crippen LogP contribution is 2.25. The highest BCUT2D eigenvalue weighted by atomic mass is 15.2. The van der Waals surface area contributed by atoms with Crippen LogP contribution in [0.3, 0.4) is 0 Å². The molecule has 0 rings (SSSR count). The van der Waals surface area contributed by atoms with E-state index in [2.05, 4.69) is 46.6 Å². The molecule has 0 amide bonds. The van der Waals surface area contributed by atoms with Crippen molar-refractivity contribution in [3.63, 3.8) is 0 Å². The van der Waals surface area contributed by atoms with Gasteiger partial charge in [-0.2, -0.15) is 0 Å². The summed E-state index contributed by atoms with van der Waals surface area (Å²) in [5.74, 6) is 0. The summed E-state index contributed by atoms with van der Waals surface area (Å²) in [6.07, 6.45) is 2.29. The molecular formula is C12H28N2. The maximum absolute atomic E-state index is 5.63. The van der Waals surface area contributed by atoms with Gasteiger partial charge in [0.05, 0.1) is 0 Å². The quantitative estimate of drug-likeness (QED) is 0.739. The molecule has 0 saturated heterocycles. The van der Waals surface area contributed by atoms with Crippen molar-refractivity contribution in [2.45, 2.75) is 59.5 Å². The first kappa shape index (κ1) is 13.9. The van der Waals surface area contributed by atoms with Crippen LogP contribution in [0.2, 0.25) is 0 Å². The SMILES string of the molecule is CCC(CCN)N(C)C(C)C(C)(C)C. The minimum atomic E-state index is 0.344. The van der Waals surface area contributed by atoms with Gasteiger partial charge in [-0.05, 0) is 38.8 Å². The van der Waals surface area contributed by atoms with Gasteiger partial charge in [0.15, 0.2) is 0 Å². The van der Waals surface area contributed by atoms with Gasteiger partial charge in [-0.25, -0.2) is 0 Å². The predicted octanol–water partition coefficient (Wildman–Crippen LogP) is 2.48. The Morgan fingerprint density at radius 3 is 2.07 bits per heavy atom. The Morgan fingerprint density at radius 1 is 1.29 bits per heavy atom. The van der Waals surface area contributed by atoms with E-state index < -0.39 is 0 Å². The summed E-state index contributed by atoms with van der Waals surface area (Å²) < 4.78 is 0. The van der Waals surface area contributed by atoms with Crippen molar-refractivity contribution in [2.75, 3.05) is 13.6 Å². The fraction of sp³-hybridized carbons (Fsp3) is 1.00. The zero-order valence-corrected chi connectivity index (χ0v) is 10.8. The number of nitrogens with zero attached hydrogens (tertiary/aromatic N) is 1. The first-order valence-corrected chi connectivity index (χ1v) is 5.76. The summed E-state index contributed by atoms with van der Waals surface area (Å²) in [6, 6.07) is 1.23. The van der Waals surface area contributed by atoms with Crippen molar-refractivity contribution in [3.05, 3.63) is 0 Å². The van der Waals surface area contributed by atoms with Gasteiger partial charge in [0.1, 0.15) is 0 Å². The highest BCUT2D eigenvalue weighted by Gasteiger charge is 2.27. The smallest absolute Gasteiger partial charge is 0.0115 e. The Labute approximate surface area is 89.9 Å². The van der Waals surface area contributed by atoms with Crippen LogP contribution in [0.4, 0.5) is 0 Å². The lowest BCUT2D eigenvalue weighted by molar-refractivity contribution is 0.0916. The molecule has 2 atom stereocenters. The van der Waals surface area contributed by atoms with E-state index >= 15 is 0 Å². The summed E-state index contributed by atoms with van der Waals surface area (Å²) >= 11 is 0. The van der Waals surface area contributed by atoms with Gasteiger partial charge in [0, 0.05) is 12.1 Å². The predicted molar refractivity (Wildman–Crippen MR) is 64.4 cm³/mol. The van der Waals surface area contributed by atoms with E-state index in [1.807, 2.05) is 0 Å². The van der Waals surface area contributed by atoms with E-state index in [-0.39, 0.29) is 0 Å². The minimum absolute atomic E-state index is 0.344. The molecule has 2 N–H and O–H groups in total. The summed E-state index contributed by atoms with van der Waals surface area (Å²) in [5.41, 5.74) is 5.97.